The monoisotopic (exact) mass is 392 g/mol. The van der Waals surface area contributed by atoms with Crippen molar-refractivity contribution in [3.05, 3.63) is 28.4 Å². The summed E-state index contributed by atoms with van der Waals surface area (Å²) in [6.07, 6.45) is 6.60. The number of benzene rings is 1. The molecule has 1 fully saturated rings. The molecule has 1 N–H and O–H groups in total. The Hall–Kier alpha value is -3.18. The third-order valence-corrected chi connectivity index (χ3v) is 3.70. The van der Waals surface area contributed by atoms with Gasteiger partial charge in [0.1, 0.15) is 18.8 Å². The molecule has 0 spiro atoms. The molecule has 8 nitrogen and oxygen atoms in total. The number of nitrogens with one attached hydrogen (secondary N) is 1. The van der Waals surface area contributed by atoms with Crippen LogP contribution in [0, 0.1) is 12.3 Å². The number of hydrogen-bond donors (Lipinski definition) is 1. The van der Waals surface area contributed by atoms with Crippen LogP contribution in [0.2, 0.25) is 5.02 Å². The lowest BCUT2D eigenvalue weighted by molar-refractivity contribution is -0.143. The predicted molar refractivity (Wildman–Crippen MR) is 97.2 cm³/mol. The molecule has 1 heterocycles. The van der Waals surface area contributed by atoms with Crippen LogP contribution in [0.25, 0.3) is 6.08 Å². The molecule has 0 bridgehead atoms. The van der Waals surface area contributed by atoms with Gasteiger partial charge in [-0.2, -0.15) is 0 Å². The molecule has 142 valence electrons. The number of amides is 3. The highest BCUT2D eigenvalue weighted by atomic mass is 35.5. The minimum atomic E-state index is -0.721. The Labute approximate surface area is 161 Å². The van der Waals surface area contributed by atoms with Gasteiger partial charge in [0, 0.05) is 0 Å². The highest BCUT2D eigenvalue weighted by Gasteiger charge is 2.35. The van der Waals surface area contributed by atoms with Gasteiger partial charge >= 0.3 is 12.0 Å². The maximum Gasteiger partial charge on any atom is 0.329 e. The molecule has 1 aromatic rings. The van der Waals surface area contributed by atoms with Crippen LogP contribution in [0.4, 0.5) is 4.79 Å². The molecule has 0 aromatic heterocycles. The molecule has 3 amide bonds. The van der Waals surface area contributed by atoms with Gasteiger partial charge in [0.25, 0.3) is 5.91 Å². The zero-order valence-electron chi connectivity index (χ0n) is 14.7. The van der Waals surface area contributed by atoms with Crippen LogP contribution < -0.4 is 14.8 Å². The van der Waals surface area contributed by atoms with Crippen molar-refractivity contribution in [1.82, 2.24) is 10.2 Å². The molecule has 1 saturated heterocycles. The number of carbonyl (C=O) groups excluding carboxylic acids is 3. The fourth-order valence-corrected chi connectivity index (χ4v) is 2.54. The van der Waals surface area contributed by atoms with Crippen molar-refractivity contribution >= 4 is 35.6 Å². The molecule has 0 saturated carbocycles. The fourth-order valence-electron chi connectivity index (χ4n) is 2.26. The van der Waals surface area contributed by atoms with E-state index in [1.165, 1.54) is 19.3 Å². The molecular weight excluding hydrogens is 376 g/mol. The van der Waals surface area contributed by atoms with E-state index in [2.05, 4.69) is 16.0 Å². The van der Waals surface area contributed by atoms with Crippen molar-refractivity contribution in [2.75, 3.05) is 26.9 Å². The van der Waals surface area contributed by atoms with Crippen LogP contribution in [-0.2, 0) is 14.3 Å². The third kappa shape index (κ3) is 4.71. The van der Waals surface area contributed by atoms with Gasteiger partial charge in [0.2, 0.25) is 0 Å². The number of rotatable bonds is 7. The highest BCUT2D eigenvalue weighted by Crippen LogP contribution is 2.37. The van der Waals surface area contributed by atoms with Gasteiger partial charge in [-0.1, -0.05) is 17.5 Å². The first-order valence-corrected chi connectivity index (χ1v) is 8.23. The van der Waals surface area contributed by atoms with E-state index >= 15 is 0 Å². The predicted octanol–water partition coefficient (Wildman–Crippen LogP) is 1.82. The largest absolute Gasteiger partial charge is 0.490 e. The smallest absolute Gasteiger partial charge is 0.329 e. The number of urea groups is 1. The molecule has 9 heteroatoms. The zero-order valence-corrected chi connectivity index (χ0v) is 15.5. The normalized spacial score (nSPS) is 14.7. The quantitative estimate of drug-likeness (QED) is 0.329. The summed E-state index contributed by atoms with van der Waals surface area (Å²) in [6.45, 7) is 1.67. The molecule has 0 atom stereocenters. The van der Waals surface area contributed by atoms with Crippen molar-refractivity contribution in [2.24, 2.45) is 0 Å². The van der Waals surface area contributed by atoms with Gasteiger partial charge in [0.15, 0.2) is 11.5 Å². The summed E-state index contributed by atoms with van der Waals surface area (Å²) in [4.78, 5) is 36.3. The summed E-state index contributed by atoms with van der Waals surface area (Å²) in [5.74, 6) is 1.59. The number of imide groups is 1. The van der Waals surface area contributed by atoms with Crippen molar-refractivity contribution in [2.45, 2.75) is 6.92 Å². The Balaban J connectivity index is 2.33. The molecule has 1 aliphatic heterocycles. The first-order valence-electron chi connectivity index (χ1n) is 7.85. The van der Waals surface area contributed by atoms with Gasteiger partial charge in [-0.3, -0.25) is 9.59 Å². The Morgan fingerprint density at radius 2 is 2.11 bits per heavy atom. The summed E-state index contributed by atoms with van der Waals surface area (Å²) in [5.41, 5.74) is 0.472. The average molecular weight is 393 g/mol. The topological polar surface area (TPSA) is 94.2 Å². The maximum atomic E-state index is 12.3. The average Bonchev–Trinajstić information content (AvgIpc) is 2.88. The molecule has 0 radical (unpaired) electrons. The van der Waals surface area contributed by atoms with E-state index in [0.717, 1.165) is 4.90 Å². The van der Waals surface area contributed by atoms with E-state index in [1.54, 1.807) is 13.0 Å². The van der Waals surface area contributed by atoms with Crippen molar-refractivity contribution in [3.63, 3.8) is 0 Å². The zero-order chi connectivity index (χ0) is 20.0. The lowest BCUT2D eigenvalue weighted by atomic mass is 10.1. The van der Waals surface area contributed by atoms with E-state index in [4.69, 9.17) is 27.5 Å². The second-order valence-corrected chi connectivity index (χ2v) is 5.62. The summed E-state index contributed by atoms with van der Waals surface area (Å²) < 4.78 is 15.4. The lowest BCUT2D eigenvalue weighted by Gasteiger charge is -2.13. The SMILES string of the molecule is C#CCOc1c(Cl)cc(/C=C2/NC(=O)N(CC(=O)OC)C2=O)cc1OCC. The van der Waals surface area contributed by atoms with Crippen molar-refractivity contribution in [1.29, 1.82) is 0 Å². The second kappa shape index (κ2) is 8.96. The van der Waals surface area contributed by atoms with Crippen LogP contribution in [0.1, 0.15) is 12.5 Å². The number of methoxy groups -OCH3 is 1. The van der Waals surface area contributed by atoms with Crippen LogP contribution in [0.5, 0.6) is 11.5 Å². The molecule has 1 aliphatic rings. The van der Waals surface area contributed by atoms with Crippen molar-refractivity contribution < 1.29 is 28.6 Å². The lowest BCUT2D eigenvalue weighted by Crippen LogP contribution is -2.36. The second-order valence-electron chi connectivity index (χ2n) is 5.21. The number of hydrogen-bond acceptors (Lipinski definition) is 6. The van der Waals surface area contributed by atoms with E-state index < -0.39 is 24.5 Å². The number of esters is 1. The number of carbonyl (C=O) groups is 3. The number of ether oxygens (including phenoxy) is 3. The maximum absolute atomic E-state index is 12.3. The summed E-state index contributed by atoms with van der Waals surface area (Å²) in [5, 5.41) is 2.63. The van der Waals surface area contributed by atoms with Crippen LogP contribution in [0.3, 0.4) is 0 Å². The van der Waals surface area contributed by atoms with E-state index in [0.29, 0.717) is 17.9 Å². The summed E-state index contributed by atoms with van der Waals surface area (Å²) in [6, 6.07) is 2.41. The Bertz CT molecular complexity index is 843. The van der Waals surface area contributed by atoms with Gasteiger partial charge in [-0.15, -0.1) is 6.42 Å². The molecule has 1 aromatic carbocycles. The van der Waals surface area contributed by atoms with Crippen LogP contribution in [0.15, 0.2) is 17.8 Å². The molecule has 0 unspecified atom stereocenters. The number of halogens is 1. The molecule has 27 heavy (non-hydrogen) atoms. The van der Waals surface area contributed by atoms with Gasteiger partial charge in [0.05, 0.1) is 18.7 Å². The summed E-state index contributed by atoms with van der Waals surface area (Å²) in [7, 11) is 1.17. The minimum absolute atomic E-state index is 0.0112. The molecule has 0 aliphatic carbocycles. The minimum Gasteiger partial charge on any atom is -0.490 e. The highest BCUT2D eigenvalue weighted by molar-refractivity contribution is 6.32. The van der Waals surface area contributed by atoms with Gasteiger partial charge in [-0.05, 0) is 30.7 Å². The standard InChI is InChI=1S/C18H17ClN2O6/c1-4-6-27-16-12(19)7-11(9-14(16)26-5-2)8-13-17(23)21(18(24)20-13)10-15(22)25-3/h1,7-9H,5-6,10H2,2-3H3,(H,20,24)/b13-8+. The van der Waals surface area contributed by atoms with E-state index in [-0.39, 0.29) is 23.1 Å². The Kier molecular flexibility index (Phi) is 6.68. The van der Waals surface area contributed by atoms with E-state index in [1.807, 2.05) is 0 Å². The molecule has 2 rings (SSSR count). The Morgan fingerprint density at radius 3 is 2.74 bits per heavy atom. The van der Waals surface area contributed by atoms with Gasteiger partial charge in [-0.25, -0.2) is 9.69 Å². The number of nitrogens with zero attached hydrogens (tertiary/aromatic N) is 1. The van der Waals surface area contributed by atoms with Crippen LogP contribution in [-0.4, -0.2) is 49.7 Å². The fraction of sp³-hybridized carbons (Fsp3) is 0.278. The van der Waals surface area contributed by atoms with Gasteiger partial charge < -0.3 is 19.5 Å². The Morgan fingerprint density at radius 1 is 1.37 bits per heavy atom. The number of terminal acetylenes is 1. The van der Waals surface area contributed by atoms with Crippen molar-refractivity contribution in [3.8, 4) is 23.8 Å². The third-order valence-electron chi connectivity index (χ3n) is 3.42. The first kappa shape index (κ1) is 20.1. The summed E-state index contributed by atoms with van der Waals surface area (Å²) >= 11 is 6.23. The molecular formula is C18H17ClN2O6. The van der Waals surface area contributed by atoms with Crippen LogP contribution >= 0.6 is 11.6 Å². The first-order chi connectivity index (χ1) is 12.9. The van der Waals surface area contributed by atoms with E-state index in [9.17, 15) is 14.4 Å².